The summed E-state index contributed by atoms with van der Waals surface area (Å²) in [4.78, 5) is 25.9. The average Bonchev–Trinajstić information content (AvgIpc) is 2.47. The second kappa shape index (κ2) is 6.74. The Bertz CT molecular complexity index is 627. The molecule has 0 saturated carbocycles. The van der Waals surface area contributed by atoms with Crippen LogP contribution in [0.2, 0.25) is 0 Å². The summed E-state index contributed by atoms with van der Waals surface area (Å²) in [6.07, 6.45) is -1.76. The SMILES string of the molecule is C[C@@H]1CCCN(C(=O)Cn2cccc(C(F)(F)F)c2=O)[C@H]1CN. The predicted octanol–water partition coefficient (Wildman–Crippen LogP) is 1.45. The maximum atomic E-state index is 12.8. The van der Waals surface area contributed by atoms with Crippen LogP contribution in [0.1, 0.15) is 25.3 Å². The van der Waals surface area contributed by atoms with E-state index in [4.69, 9.17) is 5.73 Å². The molecule has 5 nitrogen and oxygen atoms in total. The van der Waals surface area contributed by atoms with Crippen LogP contribution < -0.4 is 11.3 Å². The van der Waals surface area contributed by atoms with Gasteiger partial charge < -0.3 is 15.2 Å². The van der Waals surface area contributed by atoms with Gasteiger partial charge in [-0.3, -0.25) is 9.59 Å². The smallest absolute Gasteiger partial charge is 0.337 e. The molecule has 1 aliphatic rings. The minimum absolute atomic E-state index is 0.141. The van der Waals surface area contributed by atoms with Crippen molar-refractivity contribution in [3.8, 4) is 0 Å². The van der Waals surface area contributed by atoms with Gasteiger partial charge in [-0.1, -0.05) is 6.92 Å². The number of likely N-dealkylation sites (tertiary alicyclic amines) is 1. The number of hydrogen-bond acceptors (Lipinski definition) is 3. The quantitative estimate of drug-likeness (QED) is 0.911. The zero-order chi connectivity index (χ0) is 17.2. The normalized spacial score (nSPS) is 22.2. The molecule has 1 aromatic rings. The molecular weight excluding hydrogens is 311 g/mol. The minimum atomic E-state index is -4.73. The molecule has 1 aromatic heterocycles. The van der Waals surface area contributed by atoms with Crippen LogP contribution in [0.5, 0.6) is 0 Å². The van der Waals surface area contributed by atoms with Crippen LogP contribution >= 0.6 is 0 Å². The highest BCUT2D eigenvalue weighted by Crippen LogP contribution is 2.26. The lowest BCUT2D eigenvalue weighted by Crippen LogP contribution is -2.52. The van der Waals surface area contributed by atoms with Gasteiger partial charge in [-0.05, 0) is 30.9 Å². The monoisotopic (exact) mass is 331 g/mol. The van der Waals surface area contributed by atoms with Crippen molar-refractivity contribution in [2.24, 2.45) is 11.7 Å². The lowest BCUT2D eigenvalue weighted by molar-refractivity contribution is -0.140. The zero-order valence-electron chi connectivity index (χ0n) is 12.8. The van der Waals surface area contributed by atoms with Gasteiger partial charge >= 0.3 is 6.18 Å². The molecule has 1 fully saturated rings. The van der Waals surface area contributed by atoms with Gasteiger partial charge in [0.15, 0.2) is 0 Å². The number of carbonyl (C=O) groups is 1. The minimum Gasteiger partial charge on any atom is -0.337 e. The van der Waals surface area contributed by atoms with Gasteiger partial charge in [-0.25, -0.2) is 0 Å². The first-order valence-electron chi connectivity index (χ1n) is 7.52. The Morgan fingerprint density at radius 1 is 1.43 bits per heavy atom. The molecule has 1 amide bonds. The number of nitrogens with two attached hydrogens (primary N) is 1. The fraction of sp³-hybridized carbons (Fsp3) is 0.600. The first-order chi connectivity index (χ1) is 10.8. The molecule has 0 aliphatic carbocycles. The topological polar surface area (TPSA) is 68.3 Å². The van der Waals surface area contributed by atoms with E-state index < -0.39 is 23.8 Å². The summed E-state index contributed by atoms with van der Waals surface area (Å²) in [6.45, 7) is 2.39. The molecule has 0 unspecified atom stereocenters. The van der Waals surface area contributed by atoms with Crippen molar-refractivity contribution >= 4 is 5.91 Å². The number of alkyl halides is 3. The number of aromatic nitrogens is 1. The zero-order valence-corrected chi connectivity index (χ0v) is 12.8. The average molecular weight is 331 g/mol. The highest BCUT2D eigenvalue weighted by atomic mass is 19.4. The Morgan fingerprint density at radius 2 is 2.13 bits per heavy atom. The first kappa shape index (κ1) is 17.5. The summed E-state index contributed by atoms with van der Waals surface area (Å²) < 4.78 is 39.1. The van der Waals surface area contributed by atoms with Crippen molar-refractivity contribution < 1.29 is 18.0 Å². The van der Waals surface area contributed by atoms with Crippen LogP contribution in [-0.4, -0.2) is 34.5 Å². The summed E-state index contributed by atoms with van der Waals surface area (Å²) in [5, 5.41) is 0. The fourth-order valence-corrected chi connectivity index (χ4v) is 3.03. The lowest BCUT2D eigenvalue weighted by Gasteiger charge is -2.39. The van der Waals surface area contributed by atoms with E-state index in [0.29, 0.717) is 13.1 Å². The van der Waals surface area contributed by atoms with Crippen LogP contribution in [0.25, 0.3) is 0 Å². The van der Waals surface area contributed by atoms with E-state index in [9.17, 15) is 22.8 Å². The molecular formula is C15H20F3N3O2. The highest BCUT2D eigenvalue weighted by molar-refractivity contribution is 5.76. The van der Waals surface area contributed by atoms with E-state index in [1.807, 2.05) is 6.92 Å². The van der Waals surface area contributed by atoms with Crippen LogP contribution in [-0.2, 0) is 17.5 Å². The molecule has 8 heteroatoms. The Hall–Kier alpha value is -1.83. The van der Waals surface area contributed by atoms with Crippen LogP contribution in [0.4, 0.5) is 13.2 Å². The molecule has 1 saturated heterocycles. The molecule has 2 rings (SSSR count). The fourth-order valence-electron chi connectivity index (χ4n) is 3.03. The summed E-state index contributed by atoms with van der Waals surface area (Å²) in [5.41, 5.74) is 3.24. The van der Waals surface area contributed by atoms with Crippen molar-refractivity contribution in [3.05, 3.63) is 34.2 Å². The molecule has 0 spiro atoms. The number of hydrogen-bond donors (Lipinski definition) is 1. The van der Waals surface area contributed by atoms with Crippen molar-refractivity contribution in [1.82, 2.24) is 9.47 Å². The molecule has 2 heterocycles. The van der Waals surface area contributed by atoms with E-state index in [-0.39, 0.29) is 17.9 Å². The number of halogens is 3. The molecule has 128 valence electrons. The first-order valence-corrected chi connectivity index (χ1v) is 7.52. The number of nitrogens with zero attached hydrogens (tertiary/aromatic N) is 2. The standard InChI is InChI=1S/C15H20F3N3O2/c1-10-4-2-7-21(12(10)8-19)13(22)9-20-6-3-5-11(14(20)23)15(16,17)18/h3,5-6,10,12H,2,4,7-9,19H2,1H3/t10-,12+/m1/s1. The molecule has 0 aromatic carbocycles. The third kappa shape index (κ3) is 3.74. The van der Waals surface area contributed by atoms with Crippen molar-refractivity contribution in [1.29, 1.82) is 0 Å². The highest BCUT2D eigenvalue weighted by Gasteiger charge is 2.35. The van der Waals surface area contributed by atoms with E-state index >= 15 is 0 Å². The van der Waals surface area contributed by atoms with Gasteiger partial charge in [0.25, 0.3) is 5.56 Å². The molecule has 0 bridgehead atoms. The molecule has 23 heavy (non-hydrogen) atoms. The van der Waals surface area contributed by atoms with Gasteiger partial charge in [0.05, 0.1) is 0 Å². The van der Waals surface area contributed by atoms with Crippen molar-refractivity contribution in [2.75, 3.05) is 13.1 Å². The van der Waals surface area contributed by atoms with E-state index in [0.717, 1.165) is 29.5 Å². The summed E-state index contributed by atoms with van der Waals surface area (Å²) in [5.74, 6) is -0.149. The lowest BCUT2D eigenvalue weighted by atomic mass is 9.91. The van der Waals surface area contributed by atoms with E-state index in [1.165, 1.54) is 6.20 Å². The Labute approximate surface area is 131 Å². The van der Waals surface area contributed by atoms with Crippen LogP contribution in [0.3, 0.4) is 0 Å². The van der Waals surface area contributed by atoms with E-state index in [1.54, 1.807) is 4.90 Å². The Balaban J connectivity index is 2.22. The number of piperidine rings is 1. The number of rotatable bonds is 3. The Kier molecular flexibility index (Phi) is 5.13. The van der Waals surface area contributed by atoms with Gasteiger partial charge in [0, 0.05) is 25.3 Å². The summed E-state index contributed by atoms with van der Waals surface area (Å²) >= 11 is 0. The van der Waals surface area contributed by atoms with Crippen LogP contribution in [0, 0.1) is 5.92 Å². The number of amides is 1. The van der Waals surface area contributed by atoms with Crippen LogP contribution in [0.15, 0.2) is 23.1 Å². The largest absolute Gasteiger partial charge is 0.421 e. The maximum absolute atomic E-state index is 12.8. The van der Waals surface area contributed by atoms with Gasteiger partial charge in [-0.15, -0.1) is 0 Å². The number of pyridine rings is 1. The second-order valence-electron chi connectivity index (χ2n) is 5.86. The van der Waals surface area contributed by atoms with Crippen molar-refractivity contribution in [2.45, 2.75) is 38.5 Å². The van der Waals surface area contributed by atoms with Gasteiger partial charge in [-0.2, -0.15) is 13.2 Å². The molecule has 0 radical (unpaired) electrons. The number of carbonyl (C=O) groups excluding carboxylic acids is 1. The van der Waals surface area contributed by atoms with Gasteiger partial charge in [0.2, 0.25) is 5.91 Å². The summed E-state index contributed by atoms with van der Waals surface area (Å²) in [6, 6.07) is 1.70. The maximum Gasteiger partial charge on any atom is 0.421 e. The Morgan fingerprint density at radius 3 is 2.74 bits per heavy atom. The van der Waals surface area contributed by atoms with E-state index in [2.05, 4.69) is 0 Å². The summed E-state index contributed by atoms with van der Waals surface area (Å²) in [7, 11) is 0. The third-order valence-corrected chi connectivity index (χ3v) is 4.31. The predicted molar refractivity (Wildman–Crippen MR) is 78.7 cm³/mol. The molecule has 1 aliphatic heterocycles. The third-order valence-electron chi connectivity index (χ3n) is 4.31. The molecule has 2 N–H and O–H groups in total. The molecule has 2 atom stereocenters. The van der Waals surface area contributed by atoms with Gasteiger partial charge in [0.1, 0.15) is 12.1 Å². The van der Waals surface area contributed by atoms with Crippen molar-refractivity contribution in [3.63, 3.8) is 0 Å². The second-order valence-corrected chi connectivity index (χ2v) is 5.86.